The van der Waals surface area contributed by atoms with Crippen LogP contribution in [0.1, 0.15) is 149 Å². The van der Waals surface area contributed by atoms with Crippen LogP contribution >= 0.6 is 0 Å². The number of aliphatic hydroxyl groups is 3. The molecule has 0 spiro atoms. The first-order valence-electron chi connectivity index (χ1n) is 21.5. The zero-order valence-electron chi connectivity index (χ0n) is 34.9. The topological polar surface area (TPSA) is 178 Å². The summed E-state index contributed by atoms with van der Waals surface area (Å²) in [5, 5.41) is 30.4. The molecule has 6 atom stereocenters. The van der Waals surface area contributed by atoms with Crippen LogP contribution in [0.3, 0.4) is 0 Å². The van der Waals surface area contributed by atoms with Gasteiger partial charge >= 0.3 is 16.4 Å². The molecule has 0 aromatic rings. The molecule has 4 N–H and O–H groups in total. The highest BCUT2D eigenvalue weighted by Gasteiger charge is 2.48. The van der Waals surface area contributed by atoms with Crippen molar-refractivity contribution in [3.63, 3.8) is 0 Å². The molecule has 1 saturated heterocycles. The molecule has 0 aliphatic carbocycles. The van der Waals surface area contributed by atoms with Crippen molar-refractivity contribution in [1.82, 2.24) is 0 Å². The second-order valence-corrected chi connectivity index (χ2v) is 15.6. The molecule has 57 heavy (non-hydrogen) atoms. The van der Waals surface area contributed by atoms with Crippen LogP contribution in [0.4, 0.5) is 0 Å². The van der Waals surface area contributed by atoms with E-state index in [9.17, 15) is 28.5 Å². The van der Waals surface area contributed by atoms with Gasteiger partial charge in [0.15, 0.2) is 6.29 Å². The minimum atomic E-state index is -5.05. The Morgan fingerprint density at radius 2 is 1.21 bits per heavy atom. The van der Waals surface area contributed by atoms with E-state index in [2.05, 4.69) is 78.8 Å². The summed E-state index contributed by atoms with van der Waals surface area (Å²) in [4.78, 5) is 12.5. The van der Waals surface area contributed by atoms with Crippen molar-refractivity contribution in [3.8, 4) is 0 Å². The van der Waals surface area contributed by atoms with Crippen LogP contribution in [0, 0.1) is 0 Å². The molecule has 1 aliphatic rings. The smallest absolute Gasteiger partial charge is 0.397 e. The lowest BCUT2D eigenvalue weighted by molar-refractivity contribution is -0.301. The molecule has 1 heterocycles. The normalized spacial score (nSPS) is 21.3. The lowest BCUT2D eigenvalue weighted by Gasteiger charge is -2.41. The molecule has 1 aliphatic heterocycles. The second kappa shape index (κ2) is 35.7. The molecule has 0 radical (unpaired) electrons. The summed E-state index contributed by atoms with van der Waals surface area (Å²) >= 11 is 0. The van der Waals surface area contributed by atoms with Crippen LogP contribution in [0.15, 0.2) is 60.8 Å². The third-order valence-corrected chi connectivity index (χ3v) is 9.87. The monoisotopic (exact) mass is 829 g/mol. The fourth-order valence-corrected chi connectivity index (χ4v) is 6.68. The van der Waals surface area contributed by atoms with Gasteiger partial charge < -0.3 is 34.3 Å². The van der Waals surface area contributed by atoms with E-state index in [-0.39, 0.29) is 19.6 Å². The Morgan fingerprint density at radius 1 is 0.684 bits per heavy atom. The average Bonchev–Trinajstić information content (AvgIpc) is 3.18. The number of unbranched alkanes of at least 4 members (excludes halogenated alkanes) is 13. The number of hydrogen-bond donors (Lipinski definition) is 4. The van der Waals surface area contributed by atoms with E-state index in [1.165, 1.54) is 44.9 Å². The number of carbonyl (C=O) groups excluding carboxylic acids is 1. The first-order valence-corrected chi connectivity index (χ1v) is 22.9. The Balaban J connectivity index is 2.22. The first kappa shape index (κ1) is 52.8. The van der Waals surface area contributed by atoms with Crippen LogP contribution < -0.4 is 0 Å². The summed E-state index contributed by atoms with van der Waals surface area (Å²) in [5.41, 5.74) is 0. The van der Waals surface area contributed by atoms with Crippen molar-refractivity contribution in [3.05, 3.63) is 60.8 Å². The Bertz CT molecular complexity index is 1230. The number of allylic oxidation sites excluding steroid dienone is 10. The third-order valence-electron chi connectivity index (χ3n) is 9.40. The fourth-order valence-electron chi connectivity index (χ4n) is 6.17. The van der Waals surface area contributed by atoms with Gasteiger partial charge in [-0.2, -0.15) is 8.42 Å². The van der Waals surface area contributed by atoms with Gasteiger partial charge in [0.05, 0.1) is 19.8 Å². The predicted octanol–water partition coefficient (Wildman–Crippen LogP) is 8.57. The zero-order chi connectivity index (χ0) is 41.8. The van der Waals surface area contributed by atoms with Crippen molar-refractivity contribution in [2.24, 2.45) is 0 Å². The summed E-state index contributed by atoms with van der Waals surface area (Å²) in [7, 11) is -5.05. The van der Waals surface area contributed by atoms with Gasteiger partial charge in [-0.1, -0.05) is 145 Å². The Morgan fingerprint density at radius 3 is 1.75 bits per heavy atom. The van der Waals surface area contributed by atoms with Crippen molar-refractivity contribution >= 4 is 16.4 Å². The highest BCUT2D eigenvalue weighted by Crippen LogP contribution is 2.26. The SMILES string of the molecule is CC/C=C\C/C=C\C/C=C\C/C=C\C/C=C\CCCCCCCCCCCCOCC(COC1OC(CO)C(O)C(OS(=O)(=O)O)C1O)OC(=O)CCCCCC. The number of ether oxygens (including phenoxy) is 4. The van der Waals surface area contributed by atoms with E-state index >= 15 is 0 Å². The maximum atomic E-state index is 12.5. The Kier molecular flexibility index (Phi) is 33.1. The number of aliphatic hydroxyl groups excluding tert-OH is 3. The molecular weight excluding hydrogens is 753 g/mol. The van der Waals surface area contributed by atoms with Crippen molar-refractivity contribution < 1.29 is 56.2 Å². The van der Waals surface area contributed by atoms with Gasteiger partial charge in [-0.3, -0.25) is 9.35 Å². The Hall–Kier alpha value is -2.20. The lowest BCUT2D eigenvalue weighted by Crippen LogP contribution is -2.60. The molecule has 1 fully saturated rings. The molecule has 13 heteroatoms. The summed E-state index contributed by atoms with van der Waals surface area (Å²) in [5.74, 6) is -0.421. The van der Waals surface area contributed by atoms with Gasteiger partial charge in [0.25, 0.3) is 0 Å². The second-order valence-electron chi connectivity index (χ2n) is 14.6. The van der Waals surface area contributed by atoms with Gasteiger partial charge in [-0.15, -0.1) is 0 Å². The minimum Gasteiger partial charge on any atom is -0.457 e. The molecule has 330 valence electrons. The van der Waals surface area contributed by atoms with E-state index in [1.807, 2.05) is 0 Å². The van der Waals surface area contributed by atoms with E-state index < -0.39 is 59.8 Å². The molecular formula is C44H76O12S. The zero-order valence-corrected chi connectivity index (χ0v) is 35.7. The van der Waals surface area contributed by atoms with Crippen molar-refractivity contribution in [1.29, 1.82) is 0 Å². The molecule has 6 unspecified atom stereocenters. The molecule has 0 bridgehead atoms. The van der Waals surface area contributed by atoms with Crippen LogP contribution in [0.2, 0.25) is 0 Å². The molecule has 0 aromatic carbocycles. The summed E-state index contributed by atoms with van der Waals surface area (Å²) in [6.07, 6.45) is 34.9. The Labute approximate surface area is 344 Å². The van der Waals surface area contributed by atoms with Gasteiger partial charge in [-0.25, -0.2) is 4.18 Å². The summed E-state index contributed by atoms with van der Waals surface area (Å²) < 4.78 is 58.5. The average molecular weight is 829 g/mol. The summed E-state index contributed by atoms with van der Waals surface area (Å²) in [6, 6.07) is 0. The number of carbonyl (C=O) groups is 1. The summed E-state index contributed by atoms with van der Waals surface area (Å²) in [6.45, 7) is 3.70. The fraction of sp³-hybridized carbons (Fsp3) is 0.750. The first-order chi connectivity index (χ1) is 27.6. The molecule has 0 amide bonds. The largest absolute Gasteiger partial charge is 0.457 e. The van der Waals surface area contributed by atoms with Gasteiger partial charge in [0.2, 0.25) is 0 Å². The minimum absolute atomic E-state index is 0.0294. The van der Waals surface area contributed by atoms with Crippen LogP contribution in [0.25, 0.3) is 0 Å². The van der Waals surface area contributed by atoms with E-state index in [0.717, 1.165) is 77.0 Å². The molecule has 0 saturated carbocycles. The number of esters is 1. The van der Waals surface area contributed by atoms with Crippen LogP contribution in [-0.2, 0) is 38.3 Å². The van der Waals surface area contributed by atoms with Gasteiger partial charge in [0.1, 0.15) is 30.5 Å². The van der Waals surface area contributed by atoms with Gasteiger partial charge in [0, 0.05) is 13.0 Å². The van der Waals surface area contributed by atoms with E-state index in [4.69, 9.17) is 23.5 Å². The molecule has 0 aromatic heterocycles. The maximum Gasteiger partial charge on any atom is 0.397 e. The highest BCUT2D eigenvalue weighted by molar-refractivity contribution is 7.80. The van der Waals surface area contributed by atoms with Crippen LogP contribution in [0.5, 0.6) is 0 Å². The highest BCUT2D eigenvalue weighted by atomic mass is 32.3. The number of hydrogen-bond acceptors (Lipinski definition) is 11. The quantitative estimate of drug-likeness (QED) is 0.0205. The van der Waals surface area contributed by atoms with E-state index in [0.29, 0.717) is 13.0 Å². The predicted molar refractivity (Wildman–Crippen MR) is 225 cm³/mol. The molecule has 12 nitrogen and oxygen atoms in total. The maximum absolute atomic E-state index is 12.5. The van der Waals surface area contributed by atoms with Crippen molar-refractivity contribution in [2.45, 2.75) is 185 Å². The van der Waals surface area contributed by atoms with Crippen LogP contribution in [-0.4, -0.2) is 97.5 Å². The van der Waals surface area contributed by atoms with Crippen molar-refractivity contribution in [2.75, 3.05) is 26.4 Å². The standard InChI is InChI=1S/C44H76O12S/c1-3-5-7-9-10-11-12-13-14-15-16-17-18-19-20-21-22-23-24-25-26-27-28-29-30-32-34-52-36-38(54-40(46)33-31-8-6-4-2)37-53-44-42(48)43(56-57(49,50)51)41(47)39(35-45)55-44/h5,7,10-11,13-14,16-17,19-20,38-39,41-45,47-48H,3-4,6,8-9,12,15,18,21-37H2,1-2H3,(H,49,50,51)/b7-5-,11-10-,14-13-,17-16-,20-19-. The van der Waals surface area contributed by atoms with E-state index in [1.54, 1.807) is 0 Å². The number of rotatable bonds is 36. The third kappa shape index (κ3) is 29.6. The van der Waals surface area contributed by atoms with Gasteiger partial charge in [-0.05, 0) is 57.8 Å². The lowest BCUT2D eigenvalue weighted by atomic mass is 9.99. The molecule has 1 rings (SSSR count).